The summed E-state index contributed by atoms with van der Waals surface area (Å²) in [5.74, 6) is -1.37. The Morgan fingerprint density at radius 2 is 2.03 bits per heavy atom. The number of carboxylic acid groups (broad SMARTS) is 1. The van der Waals surface area contributed by atoms with Crippen LogP contribution in [0.4, 0.5) is 5.69 Å². The van der Waals surface area contributed by atoms with Gasteiger partial charge in [-0.15, -0.1) is 0 Å². The molecule has 8 heteroatoms. The van der Waals surface area contributed by atoms with Crippen molar-refractivity contribution in [3.8, 4) is 11.5 Å². The van der Waals surface area contributed by atoms with Crippen LogP contribution in [0.25, 0.3) is 0 Å². The molecule has 2 unspecified atom stereocenters. The number of phenols is 1. The fourth-order valence-corrected chi connectivity index (χ4v) is 5.49. The van der Waals surface area contributed by atoms with Crippen LogP contribution in [0.2, 0.25) is 0 Å². The molecule has 7 nitrogen and oxygen atoms in total. The highest BCUT2D eigenvalue weighted by atomic mass is 79.9. The van der Waals surface area contributed by atoms with E-state index in [1.54, 1.807) is 31.2 Å². The third-order valence-corrected chi connectivity index (χ3v) is 6.78. The number of aliphatic hydroxyl groups excluding tert-OH is 1. The number of rotatable bonds is 5. The summed E-state index contributed by atoms with van der Waals surface area (Å²) in [6.45, 7) is 4.91. The molecule has 164 valence electrons. The monoisotopic (exact) mass is 489 g/mol. The van der Waals surface area contributed by atoms with Gasteiger partial charge in [0.25, 0.3) is 0 Å². The number of aromatic hydroxyl groups is 1. The lowest BCUT2D eigenvalue weighted by atomic mass is 9.74. The van der Waals surface area contributed by atoms with Gasteiger partial charge in [-0.3, -0.25) is 9.69 Å². The molecule has 0 fully saturated rings. The highest BCUT2D eigenvalue weighted by Crippen LogP contribution is 2.53. The fourth-order valence-electron chi connectivity index (χ4n) is 4.80. The molecular formula is C23H24BrNO6. The van der Waals surface area contributed by atoms with Gasteiger partial charge in [-0.25, -0.2) is 4.79 Å². The normalized spacial score (nSPS) is 22.1. The standard InChI is InChI=1S/C23H24BrNO6/c1-4-15(20(28)29)25-16-7-5-6-14(24)19(16)23(11-26,21(25)30)13-8-12-10-22(2,3)31-18(12)9-17(13)27/h5-9,15,26-27H,4,10-11H2,1-3H3,(H,28,29). The summed E-state index contributed by atoms with van der Waals surface area (Å²) in [7, 11) is 0. The molecule has 2 aliphatic rings. The van der Waals surface area contributed by atoms with Crippen LogP contribution in [-0.4, -0.2) is 45.4 Å². The van der Waals surface area contributed by atoms with E-state index >= 15 is 0 Å². The number of halogens is 1. The van der Waals surface area contributed by atoms with Crippen molar-refractivity contribution in [2.24, 2.45) is 0 Å². The number of fused-ring (bicyclic) bond motifs is 2. The summed E-state index contributed by atoms with van der Waals surface area (Å²) in [5, 5.41) is 31.3. The number of aliphatic carboxylic acids is 1. The largest absolute Gasteiger partial charge is 0.507 e. The lowest BCUT2D eigenvalue weighted by molar-refractivity contribution is -0.140. The Bertz CT molecular complexity index is 1100. The Kier molecular flexibility index (Phi) is 5.05. The summed E-state index contributed by atoms with van der Waals surface area (Å²) < 4.78 is 6.43. The smallest absolute Gasteiger partial charge is 0.326 e. The van der Waals surface area contributed by atoms with Crippen LogP contribution in [0, 0.1) is 0 Å². The molecule has 1 amide bonds. The van der Waals surface area contributed by atoms with Gasteiger partial charge in [0.05, 0.1) is 12.3 Å². The van der Waals surface area contributed by atoms with E-state index in [2.05, 4.69) is 15.9 Å². The van der Waals surface area contributed by atoms with E-state index in [1.165, 1.54) is 11.0 Å². The van der Waals surface area contributed by atoms with Gasteiger partial charge >= 0.3 is 5.97 Å². The maximum atomic E-state index is 13.9. The summed E-state index contributed by atoms with van der Waals surface area (Å²) in [5.41, 5.74) is -0.216. The van der Waals surface area contributed by atoms with Crippen LogP contribution in [0.5, 0.6) is 11.5 Å². The Balaban J connectivity index is 2.00. The predicted octanol–water partition coefficient (Wildman–Crippen LogP) is 3.36. The molecule has 0 saturated carbocycles. The van der Waals surface area contributed by atoms with Crippen molar-refractivity contribution in [1.82, 2.24) is 0 Å². The van der Waals surface area contributed by atoms with E-state index < -0.39 is 35.5 Å². The molecule has 3 N–H and O–H groups in total. The molecule has 0 spiro atoms. The fraction of sp³-hybridized carbons (Fsp3) is 0.391. The van der Waals surface area contributed by atoms with Crippen LogP contribution < -0.4 is 9.64 Å². The third kappa shape index (κ3) is 3.03. The van der Waals surface area contributed by atoms with Crippen molar-refractivity contribution in [3.05, 3.63) is 51.5 Å². The Labute approximate surface area is 188 Å². The quantitative estimate of drug-likeness (QED) is 0.594. The van der Waals surface area contributed by atoms with Crippen molar-refractivity contribution in [1.29, 1.82) is 0 Å². The van der Waals surface area contributed by atoms with Gasteiger partial charge in [-0.2, -0.15) is 0 Å². The van der Waals surface area contributed by atoms with E-state index in [4.69, 9.17) is 4.74 Å². The minimum absolute atomic E-state index is 0.187. The first-order valence-corrected chi connectivity index (χ1v) is 10.9. The number of benzene rings is 2. The van der Waals surface area contributed by atoms with Gasteiger partial charge in [-0.1, -0.05) is 28.9 Å². The van der Waals surface area contributed by atoms with Crippen LogP contribution in [0.3, 0.4) is 0 Å². The molecule has 2 aliphatic heterocycles. The molecule has 0 aromatic heterocycles. The minimum Gasteiger partial charge on any atom is -0.507 e. The molecule has 0 saturated heterocycles. The summed E-state index contributed by atoms with van der Waals surface area (Å²) in [6.07, 6.45) is 0.761. The van der Waals surface area contributed by atoms with Crippen LogP contribution in [-0.2, 0) is 21.4 Å². The minimum atomic E-state index is -1.65. The number of hydrogen-bond donors (Lipinski definition) is 3. The first-order chi connectivity index (χ1) is 14.6. The van der Waals surface area contributed by atoms with E-state index in [0.717, 1.165) is 5.56 Å². The average molecular weight is 490 g/mol. The SMILES string of the molecule is CCC(C(=O)O)N1C(=O)C(CO)(c2cc3c(cc2O)OC(C)(C)C3)c2c(Br)cccc21. The Morgan fingerprint density at radius 1 is 1.32 bits per heavy atom. The lowest BCUT2D eigenvalue weighted by Gasteiger charge is -2.30. The topological polar surface area (TPSA) is 107 Å². The van der Waals surface area contributed by atoms with Gasteiger partial charge in [0.1, 0.15) is 28.6 Å². The number of carbonyl (C=O) groups is 2. The zero-order valence-electron chi connectivity index (χ0n) is 17.5. The van der Waals surface area contributed by atoms with E-state index in [-0.39, 0.29) is 17.7 Å². The zero-order chi connectivity index (χ0) is 22.7. The molecule has 31 heavy (non-hydrogen) atoms. The summed E-state index contributed by atoms with van der Waals surface area (Å²) in [4.78, 5) is 27.1. The molecule has 2 heterocycles. The van der Waals surface area contributed by atoms with Crippen molar-refractivity contribution in [3.63, 3.8) is 0 Å². The second kappa shape index (κ2) is 7.24. The van der Waals surface area contributed by atoms with Crippen molar-refractivity contribution in [2.45, 2.75) is 50.7 Å². The molecule has 2 atom stereocenters. The summed E-state index contributed by atoms with van der Waals surface area (Å²) >= 11 is 3.49. The number of phenolic OH excluding ortho intramolecular Hbond substituents is 1. The second-order valence-electron chi connectivity index (χ2n) is 8.65. The number of anilines is 1. The van der Waals surface area contributed by atoms with E-state index in [0.29, 0.717) is 27.9 Å². The van der Waals surface area contributed by atoms with Crippen molar-refractivity contribution in [2.75, 3.05) is 11.5 Å². The van der Waals surface area contributed by atoms with Gasteiger partial charge in [-0.05, 0) is 44.0 Å². The molecule has 2 aromatic carbocycles. The molecule has 0 aliphatic carbocycles. The molecule has 0 bridgehead atoms. The molecule has 0 radical (unpaired) electrons. The number of ether oxygens (including phenoxy) is 1. The van der Waals surface area contributed by atoms with Crippen molar-refractivity contribution < 1.29 is 29.6 Å². The number of carboxylic acids is 1. The van der Waals surface area contributed by atoms with Gasteiger partial charge in [0, 0.05) is 28.1 Å². The number of carbonyl (C=O) groups excluding carboxylic acids is 1. The average Bonchev–Trinajstić information content (AvgIpc) is 3.13. The van der Waals surface area contributed by atoms with Gasteiger partial charge in [0.2, 0.25) is 5.91 Å². The van der Waals surface area contributed by atoms with Crippen LogP contribution in [0.15, 0.2) is 34.8 Å². The number of hydrogen-bond acceptors (Lipinski definition) is 5. The Morgan fingerprint density at radius 3 is 2.65 bits per heavy atom. The second-order valence-corrected chi connectivity index (χ2v) is 9.50. The summed E-state index contributed by atoms with van der Waals surface area (Å²) in [6, 6.07) is 7.17. The Hall–Kier alpha value is -2.58. The van der Waals surface area contributed by atoms with Crippen molar-refractivity contribution >= 4 is 33.5 Å². The highest BCUT2D eigenvalue weighted by molar-refractivity contribution is 9.10. The van der Waals surface area contributed by atoms with Gasteiger partial charge in [0.15, 0.2) is 0 Å². The van der Waals surface area contributed by atoms with E-state index in [1.807, 2.05) is 13.8 Å². The maximum Gasteiger partial charge on any atom is 0.326 e. The third-order valence-electron chi connectivity index (χ3n) is 6.12. The number of nitrogens with zero attached hydrogens (tertiary/aromatic N) is 1. The van der Waals surface area contributed by atoms with Crippen LogP contribution >= 0.6 is 15.9 Å². The first-order valence-electron chi connectivity index (χ1n) is 10.1. The predicted molar refractivity (Wildman–Crippen MR) is 118 cm³/mol. The number of aliphatic hydroxyl groups is 1. The molecule has 4 rings (SSSR count). The van der Waals surface area contributed by atoms with Gasteiger partial charge < -0.3 is 20.1 Å². The highest BCUT2D eigenvalue weighted by Gasteiger charge is 2.56. The van der Waals surface area contributed by atoms with E-state index in [9.17, 15) is 24.9 Å². The lowest BCUT2D eigenvalue weighted by Crippen LogP contribution is -2.50. The first kappa shape index (κ1) is 21.6. The van der Waals surface area contributed by atoms with Crippen LogP contribution in [0.1, 0.15) is 43.9 Å². The maximum absolute atomic E-state index is 13.9. The molecule has 2 aromatic rings. The number of amides is 1. The zero-order valence-corrected chi connectivity index (χ0v) is 19.1. The molecular weight excluding hydrogens is 466 g/mol.